The molecule has 0 aliphatic heterocycles. The van der Waals surface area contributed by atoms with Crippen LogP contribution in [0.3, 0.4) is 0 Å². The summed E-state index contributed by atoms with van der Waals surface area (Å²) in [5.74, 6) is -0.924. The molecule has 0 radical (unpaired) electrons. The first-order chi connectivity index (χ1) is 7.59. The minimum Gasteiger partial charge on any atom is -0.478 e. The smallest absolute Gasteiger partial charge is 0.332 e. The summed E-state index contributed by atoms with van der Waals surface area (Å²) in [6.07, 6.45) is 0.921. The summed E-state index contributed by atoms with van der Waals surface area (Å²) in [5, 5.41) is 8.69. The van der Waals surface area contributed by atoms with Crippen LogP contribution in [0.2, 0.25) is 0 Å². The van der Waals surface area contributed by atoms with Gasteiger partial charge in [0.2, 0.25) is 0 Å². The maximum Gasteiger partial charge on any atom is 0.332 e. The second-order valence-electron chi connectivity index (χ2n) is 3.88. The van der Waals surface area contributed by atoms with Crippen LogP contribution < -0.4 is 0 Å². The molecule has 1 rings (SSSR count). The highest BCUT2D eigenvalue weighted by Gasteiger charge is 2.07. The highest BCUT2D eigenvalue weighted by molar-refractivity contribution is 5.86. The molecule has 86 valence electrons. The van der Waals surface area contributed by atoms with Gasteiger partial charge in [0.15, 0.2) is 0 Å². The van der Waals surface area contributed by atoms with E-state index in [0.717, 1.165) is 13.0 Å². The Balaban J connectivity index is 2.33. The molecular weight excluding hydrogens is 202 g/mol. The molecule has 0 heterocycles. The van der Waals surface area contributed by atoms with E-state index in [1.165, 1.54) is 5.56 Å². The lowest BCUT2D eigenvalue weighted by Crippen LogP contribution is -2.25. The van der Waals surface area contributed by atoms with Crippen molar-refractivity contribution in [1.82, 2.24) is 4.90 Å². The Bertz CT molecular complexity index is 359. The zero-order chi connectivity index (χ0) is 12.0. The Morgan fingerprint density at radius 2 is 2.00 bits per heavy atom. The monoisotopic (exact) mass is 219 g/mol. The van der Waals surface area contributed by atoms with E-state index >= 15 is 0 Å². The van der Waals surface area contributed by atoms with Crippen molar-refractivity contribution in [3.05, 3.63) is 48.0 Å². The molecule has 0 fully saturated rings. The molecule has 1 N–H and O–H groups in total. The highest BCUT2D eigenvalue weighted by atomic mass is 16.4. The van der Waals surface area contributed by atoms with Crippen LogP contribution in [0.5, 0.6) is 0 Å². The fourth-order valence-electron chi connectivity index (χ4n) is 1.44. The normalized spacial score (nSPS) is 10.4. The van der Waals surface area contributed by atoms with Crippen LogP contribution in [-0.2, 0) is 11.2 Å². The van der Waals surface area contributed by atoms with Gasteiger partial charge < -0.3 is 10.0 Å². The van der Waals surface area contributed by atoms with E-state index in [0.29, 0.717) is 6.54 Å². The highest BCUT2D eigenvalue weighted by Crippen LogP contribution is 2.02. The van der Waals surface area contributed by atoms with Crippen molar-refractivity contribution >= 4 is 5.97 Å². The van der Waals surface area contributed by atoms with Gasteiger partial charge in [0.25, 0.3) is 0 Å². The van der Waals surface area contributed by atoms with Crippen LogP contribution in [0.1, 0.15) is 5.56 Å². The van der Waals surface area contributed by atoms with Gasteiger partial charge in [-0.1, -0.05) is 36.9 Å². The summed E-state index contributed by atoms with van der Waals surface area (Å²) >= 11 is 0. The van der Waals surface area contributed by atoms with E-state index in [4.69, 9.17) is 5.11 Å². The first-order valence-corrected chi connectivity index (χ1v) is 5.23. The van der Waals surface area contributed by atoms with Gasteiger partial charge in [-0.15, -0.1) is 0 Å². The first-order valence-electron chi connectivity index (χ1n) is 5.23. The largest absolute Gasteiger partial charge is 0.478 e. The molecule has 0 aromatic heterocycles. The second-order valence-corrected chi connectivity index (χ2v) is 3.88. The molecule has 1 aromatic carbocycles. The zero-order valence-corrected chi connectivity index (χ0v) is 9.52. The fraction of sp³-hybridized carbons (Fsp3) is 0.308. The van der Waals surface area contributed by atoms with Gasteiger partial charge in [-0.2, -0.15) is 0 Å². The number of hydrogen-bond donors (Lipinski definition) is 1. The third-order valence-electron chi connectivity index (χ3n) is 2.39. The average Bonchev–Trinajstić information content (AvgIpc) is 2.27. The summed E-state index contributed by atoms with van der Waals surface area (Å²) in [4.78, 5) is 12.5. The first kappa shape index (κ1) is 12.5. The summed E-state index contributed by atoms with van der Waals surface area (Å²) in [7, 11) is 1.90. The maximum atomic E-state index is 10.6. The Kier molecular flexibility index (Phi) is 4.73. The van der Waals surface area contributed by atoms with Gasteiger partial charge >= 0.3 is 5.97 Å². The lowest BCUT2D eigenvalue weighted by Gasteiger charge is -2.16. The standard InChI is InChI=1S/C13H17NO2/c1-11(13(15)16)10-14(2)9-8-12-6-4-3-5-7-12/h3-7H,1,8-10H2,2H3,(H,15,16). The van der Waals surface area contributed by atoms with Gasteiger partial charge in [0.1, 0.15) is 0 Å². The van der Waals surface area contributed by atoms with Crippen molar-refractivity contribution in [2.24, 2.45) is 0 Å². The molecule has 0 aliphatic rings. The molecule has 0 unspecified atom stereocenters. The van der Waals surface area contributed by atoms with E-state index in [2.05, 4.69) is 18.7 Å². The van der Waals surface area contributed by atoms with Gasteiger partial charge in [-0.25, -0.2) is 4.79 Å². The van der Waals surface area contributed by atoms with Gasteiger partial charge in [0, 0.05) is 18.7 Å². The van der Waals surface area contributed by atoms with Gasteiger partial charge in [-0.3, -0.25) is 0 Å². The molecule has 3 nitrogen and oxygen atoms in total. The molecule has 3 heteroatoms. The number of carboxylic acid groups (broad SMARTS) is 1. The van der Waals surface area contributed by atoms with E-state index in [9.17, 15) is 4.79 Å². The molecule has 1 aromatic rings. The molecular formula is C13H17NO2. The molecule has 16 heavy (non-hydrogen) atoms. The summed E-state index contributed by atoms with van der Waals surface area (Å²) in [6.45, 7) is 4.74. The number of benzene rings is 1. The van der Waals surface area contributed by atoms with Crippen molar-refractivity contribution in [3.8, 4) is 0 Å². The Labute approximate surface area is 96.0 Å². The second kappa shape index (κ2) is 6.08. The Morgan fingerprint density at radius 3 is 2.56 bits per heavy atom. The number of carbonyl (C=O) groups is 1. The maximum absolute atomic E-state index is 10.6. The lowest BCUT2D eigenvalue weighted by molar-refractivity contribution is -0.132. The number of aliphatic carboxylic acids is 1. The average molecular weight is 219 g/mol. The number of hydrogen-bond acceptors (Lipinski definition) is 2. The van der Waals surface area contributed by atoms with Crippen LogP contribution in [0, 0.1) is 0 Å². The van der Waals surface area contributed by atoms with Crippen molar-refractivity contribution in [1.29, 1.82) is 0 Å². The van der Waals surface area contributed by atoms with Crippen molar-refractivity contribution in [2.45, 2.75) is 6.42 Å². The predicted octanol–water partition coefficient (Wildman–Crippen LogP) is 1.80. The Morgan fingerprint density at radius 1 is 1.38 bits per heavy atom. The summed E-state index contributed by atoms with van der Waals surface area (Å²) < 4.78 is 0. The predicted molar refractivity (Wildman–Crippen MR) is 64.4 cm³/mol. The minimum atomic E-state index is -0.924. The Hall–Kier alpha value is -1.61. The van der Waals surface area contributed by atoms with Crippen LogP contribution >= 0.6 is 0 Å². The molecule has 0 amide bonds. The number of rotatable bonds is 6. The molecule has 0 aliphatic carbocycles. The molecule has 0 saturated heterocycles. The fourth-order valence-corrected chi connectivity index (χ4v) is 1.44. The van der Waals surface area contributed by atoms with Gasteiger partial charge in [-0.05, 0) is 19.0 Å². The molecule has 0 atom stereocenters. The minimum absolute atomic E-state index is 0.232. The van der Waals surface area contributed by atoms with E-state index in [1.54, 1.807) is 0 Å². The lowest BCUT2D eigenvalue weighted by atomic mass is 10.1. The summed E-state index contributed by atoms with van der Waals surface area (Å²) in [6, 6.07) is 10.1. The van der Waals surface area contributed by atoms with Crippen LogP contribution in [-0.4, -0.2) is 36.1 Å². The number of nitrogens with zero attached hydrogens (tertiary/aromatic N) is 1. The third kappa shape index (κ3) is 4.28. The van der Waals surface area contributed by atoms with Crippen molar-refractivity contribution in [2.75, 3.05) is 20.1 Å². The van der Waals surface area contributed by atoms with Crippen LogP contribution in [0.15, 0.2) is 42.5 Å². The van der Waals surface area contributed by atoms with Crippen LogP contribution in [0.4, 0.5) is 0 Å². The number of carboxylic acids is 1. The van der Waals surface area contributed by atoms with Crippen LogP contribution in [0.25, 0.3) is 0 Å². The topological polar surface area (TPSA) is 40.5 Å². The number of likely N-dealkylation sites (N-methyl/N-ethyl adjacent to an activating group) is 1. The van der Waals surface area contributed by atoms with E-state index in [1.807, 2.05) is 30.1 Å². The molecule has 0 bridgehead atoms. The SMILES string of the molecule is C=C(CN(C)CCc1ccccc1)C(=O)O. The zero-order valence-electron chi connectivity index (χ0n) is 9.52. The third-order valence-corrected chi connectivity index (χ3v) is 2.39. The van der Waals surface area contributed by atoms with E-state index < -0.39 is 5.97 Å². The van der Waals surface area contributed by atoms with Crippen molar-refractivity contribution < 1.29 is 9.90 Å². The summed E-state index contributed by atoms with van der Waals surface area (Å²) in [5.41, 5.74) is 1.49. The van der Waals surface area contributed by atoms with Crippen molar-refractivity contribution in [3.63, 3.8) is 0 Å². The molecule has 0 spiro atoms. The molecule has 0 saturated carbocycles. The van der Waals surface area contributed by atoms with E-state index in [-0.39, 0.29) is 5.57 Å². The van der Waals surface area contributed by atoms with Gasteiger partial charge in [0.05, 0.1) is 0 Å². The quantitative estimate of drug-likeness (QED) is 0.742.